The van der Waals surface area contributed by atoms with Crippen molar-refractivity contribution >= 4 is 46.4 Å². The molecule has 31 heavy (non-hydrogen) atoms. The number of carbonyl (C=O) groups excluding carboxylic acids is 2. The number of Topliss-reactive ketones (excluding diaryl/α,β-unsaturated/α-hetero) is 1. The van der Waals surface area contributed by atoms with E-state index in [1.807, 2.05) is 6.92 Å². The van der Waals surface area contributed by atoms with Crippen LogP contribution in [0.25, 0.3) is 5.65 Å². The Morgan fingerprint density at radius 1 is 1.23 bits per heavy atom. The first-order valence-electron chi connectivity index (χ1n) is 9.32. The van der Waals surface area contributed by atoms with E-state index in [0.717, 1.165) is 34.8 Å². The predicted molar refractivity (Wildman–Crippen MR) is 113 cm³/mol. The Balaban J connectivity index is 1.77. The van der Waals surface area contributed by atoms with E-state index in [1.54, 1.807) is 31.2 Å². The van der Waals surface area contributed by atoms with Crippen molar-refractivity contribution in [1.29, 1.82) is 0 Å². The molecule has 1 N–H and O–H groups in total. The molecule has 0 spiro atoms. The number of benzene rings is 1. The number of hydrogen-bond donors (Lipinski definition) is 1. The van der Waals surface area contributed by atoms with Crippen molar-refractivity contribution in [1.82, 2.24) is 14.6 Å². The number of halogens is 4. The Kier molecular flexibility index (Phi) is 6.90. The molecule has 1 unspecified atom stereocenters. The number of alkyl halides is 3. The second-order valence-corrected chi connectivity index (χ2v) is 8.47. The van der Waals surface area contributed by atoms with E-state index < -0.39 is 17.0 Å². The molecular formula is C20H18ClF3N4O2S. The number of rotatable bonds is 7. The van der Waals surface area contributed by atoms with Crippen LogP contribution < -0.4 is 5.32 Å². The van der Waals surface area contributed by atoms with Crippen LogP contribution in [0.3, 0.4) is 0 Å². The number of ketones is 1. The van der Waals surface area contributed by atoms with Crippen LogP contribution in [0.4, 0.5) is 18.9 Å². The Bertz CT molecular complexity index is 1120. The highest BCUT2D eigenvalue weighted by atomic mass is 35.5. The molecule has 0 aliphatic carbocycles. The molecule has 0 aliphatic heterocycles. The third kappa shape index (κ3) is 5.37. The van der Waals surface area contributed by atoms with Crippen molar-refractivity contribution in [2.24, 2.45) is 0 Å². The summed E-state index contributed by atoms with van der Waals surface area (Å²) in [5, 5.41) is 9.72. The molecule has 0 aliphatic rings. The van der Waals surface area contributed by atoms with Gasteiger partial charge in [-0.1, -0.05) is 30.3 Å². The van der Waals surface area contributed by atoms with Crippen molar-refractivity contribution in [2.75, 3.05) is 5.32 Å². The van der Waals surface area contributed by atoms with E-state index in [2.05, 4.69) is 15.5 Å². The molecule has 0 radical (unpaired) electrons. The van der Waals surface area contributed by atoms with Gasteiger partial charge in [0, 0.05) is 23.9 Å². The number of pyridine rings is 1. The molecule has 2 heterocycles. The summed E-state index contributed by atoms with van der Waals surface area (Å²) in [5.41, 5.74) is 0.111. The molecule has 11 heteroatoms. The zero-order valence-electron chi connectivity index (χ0n) is 16.5. The van der Waals surface area contributed by atoms with E-state index >= 15 is 0 Å². The zero-order chi connectivity index (χ0) is 22.8. The minimum absolute atomic E-state index is 0.0731. The van der Waals surface area contributed by atoms with Gasteiger partial charge >= 0.3 is 6.18 Å². The largest absolute Gasteiger partial charge is 0.417 e. The number of aromatic nitrogens is 3. The maximum absolute atomic E-state index is 13.1. The first kappa shape index (κ1) is 23.1. The number of hydrogen-bond acceptors (Lipinski definition) is 5. The lowest BCUT2D eigenvalue weighted by atomic mass is 10.1. The van der Waals surface area contributed by atoms with Crippen LogP contribution in [-0.2, 0) is 11.0 Å². The topological polar surface area (TPSA) is 76.4 Å². The third-order valence-electron chi connectivity index (χ3n) is 4.34. The standard InChI is InChI=1S/C20H18ClF3N4O2S/c1-3-4-16(29)25-14-7-5-12(6-8-14)17(30)11(2)31-19-27-26-18-15(21)9-13(10-28(18)19)20(22,23)24/h5-11H,3-4H2,1-2H3,(H,25,29). The van der Waals surface area contributed by atoms with Crippen LogP contribution in [0, 0.1) is 0 Å². The molecule has 0 bridgehead atoms. The second kappa shape index (κ2) is 9.27. The summed E-state index contributed by atoms with van der Waals surface area (Å²) in [7, 11) is 0. The lowest BCUT2D eigenvalue weighted by Crippen LogP contribution is -2.15. The number of nitrogens with one attached hydrogen (secondary N) is 1. The van der Waals surface area contributed by atoms with Gasteiger partial charge in [0.15, 0.2) is 16.6 Å². The lowest BCUT2D eigenvalue weighted by molar-refractivity contribution is -0.137. The summed E-state index contributed by atoms with van der Waals surface area (Å²) in [4.78, 5) is 24.4. The van der Waals surface area contributed by atoms with Crippen LogP contribution in [-0.4, -0.2) is 31.5 Å². The molecule has 164 valence electrons. The molecule has 1 atom stereocenters. The van der Waals surface area contributed by atoms with E-state index in [9.17, 15) is 22.8 Å². The van der Waals surface area contributed by atoms with Gasteiger partial charge in [-0.25, -0.2) is 0 Å². The Hall–Kier alpha value is -2.59. The van der Waals surface area contributed by atoms with Crippen LogP contribution in [0.5, 0.6) is 0 Å². The van der Waals surface area contributed by atoms with Gasteiger partial charge in [-0.3, -0.25) is 14.0 Å². The number of amides is 1. The van der Waals surface area contributed by atoms with E-state index in [0.29, 0.717) is 17.7 Å². The molecule has 1 aromatic carbocycles. The fourth-order valence-electron chi connectivity index (χ4n) is 2.78. The summed E-state index contributed by atoms with van der Waals surface area (Å²) < 4.78 is 40.4. The molecule has 3 aromatic rings. The zero-order valence-corrected chi connectivity index (χ0v) is 18.1. The molecule has 1 amide bonds. The van der Waals surface area contributed by atoms with Crippen LogP contribution >= 0.6 is 23.4 Å². The van der Waals surface area contributed by atoms with Crippen LogP contribution in [0.2, 0.25) is 5.02 Å². The van der Waals surface area contributed by atoms with E-state index in [4.69, 9.17) is 11.6 Å². The number of fused-ring (bicyclic) bond motifs is 1. The van der Waals surface area contributed by atoms with Crippen LogP contribution in [0.1, 0.15) is 42.6 Å². The van der Waals surface area contributed by atoms with Crippen molar-refractivity contribution in [3.63, 3.8) is 0 Å². The van der Waals surface area contributed by atoms with Crippen molar-refractivity contribution in [2.45, 2.75) is 43.3 Å². The maximum atomic E-state index is 13.1. The van der Waals surface area contributed by atoms with E-state index in [-0.39, 0.29) is 27.5 Å². The number of carbonyl (C=O) groups is 2. The van der Waals surface area contributed by atoms with E-state index in [1.165, 1.54) is 0 Å². The fraction of sp³-hybridized carbons (Fsp3) is 0.300. The predicted octanol–water partition coefficient (Wildman–Crippen LogP) is 5.50. The summed E-state index contributed by atoms with van der Waals surface area (Å²) >= 11 is 6.89. The van der Waals surface area contributed by atoms with Crippen molar-refractivity contribution in [3.05, 3.63) is 52.7 Å². The van der Waals surface area contributed by atoms with Gasteiger partial charge < -0.3 is 5.32 Å². The molecular weight excluding hydrogens is 453 g/mol. The molecule has 6 nitrogen and oxygen atoms in total. The van der Waals surface area contributed by atoms with Gasteiger partial charge in [0.2, 0.25) is 5.91 Å². The number of anilines is 1. The smallest absolute Gasteiger partial charge is 0.326 e. The molecule has 0 fully saturated rings. The molecule has 2 aromatic heterocycles. The van der Waals surface area contributed by atoms with Crippen molar-refractivity contribution < 1.29 is 22.8 Å². The first-order chi connectivity index (χ1) is 14.6. The summed E-state index contributed by atoms with van der Waals surface area (Å²) in [6.07, 6.45) is -2.60. The minimum atomic E-state index is -4.58. The highest BCUT2D eigenvalue weighted by Gasteiger charge is 2.32. The third-order valence-corrected chi connectivity index (χ3v) is 5.67. The van der Waals surface area contributed by atoms with Gasteiger partial charge in [0.25, 0.3) is 0 Å². The normalized spacial score (nSPS) is 12.7. The monoisotopic (exact) mass is 470 g/mol. The van der Waals surface area contributed by atoms with Gasteiger partial charge in [-0.05, 0) is 43.7 Å². The van der Waals surface area contributed by atoms with Gasteiger partial charge in [0.1, 0.15) is 0 Å². The average molecular weight is 471 g/mol. The summed E-state index contributed by atoms with van der Waals surface area (Å²) in [6, 6.07) is 7.21. The van der Waals surface area contributed by atoms with Crippen LogP contribution in [0.15, 0.2) is 41.7 Å². The highest BCUT2D eigenvalue weighted by molar-refractivity contribution is 8.00. The number of thioether (sulfide) groups is 1. The Morgan fingerprint density at radius 2 is 1.90 bits per heavy atom. The van der Waals surface area contributed by atoms with Gasteiger partial charge in [-0.2, -0.15) is 13.2 Å². The minimum Gasteiger partial charge on any atom is -0.326 e. The summed E-state index contributed by atoms with van der Waals surface area (Å²) in [5.74, 6) is -0.354. The van der Waals surface area contributed by atoms with Crippen molar-refractivity contribution in [3.8, 4) is 0 Å². The lowest BCUT2D eigenvalue weighted by Gasteiger charge is -2.11. The molecule has 0 saturated carbocycles. The van der Waals surface area contributed by atoms with Gasteiger partial charge in [0.05, 0.1) is 15.8 Å². The Morgan fingerprint density at radius 3 is 2.52 bits per heavy atom. The summed E-state index contributed by atoms with van der Waals surface area (Å²) in [6.45, 7) is 3.52. The average Bonchev–Trinajstić information content (AvgIpc) is 3.11. The maximum Gasteiger partial charge on any atom is 0.417 e. The second-order valence-electron chi connectivity index (χ2n) is 6.75. The Labute approximate surface area is 185 Å². The first-order valence-corrected chi connectivity index (χ1v) is 10.6. The highest BCUT2D eigenvalue weighted by Crippen LogP contribution is 2.34. The quantitative estimate of drug-likeness (QED) is 0.364. The SMILES string of the molecule is CCCC(=O)Nc1ccc(C(=O)C(C)Sc2nnc3c(Cl)cc(C(F)(F)F)cn23)cc1. The molecule has 3 rings (SSSR count). The molecule has 0 saturated heterocycles. The fourth-order valence-corrected chi connectivity index (χ4v) is 3.93. The number of nitrogens with zero attached hydrogens (tertiary/aromatic N) is 3. The van der Waals surface area contributed by atoms with Gasteiger partial charge in [-0.15, -0.1) is 10.2 Å².